The van der Waals surface area contributed by atoms with Crippen molar-refractivity contribution >= 4 is 85.7 Å². The maximum absolute atomic E-state index is 2.93. The van der Waals surface area contributed by atoms with Crippen LogP contribution in [0.2, 0.25) is 0 Å². The van der Waals surface area contributed by atoms with Gasteiger partial charge in [0.2, 0.25) is 0 Å². The first-order valence-electron chi connectivity index (χ1n) is 33.7. The van der Waals surface area contributed by atoms with Gasteiger partial charge in [0.1, 0.15) is 0 Å². The molecule has 9 aromatic carbocycles. The molecule has 0 amide bonds. The standard InChI is InChI=1S/C85H95BN4/c1-78(2,3)54-26-34-59(35-27-54)87(60-36-28-55(29-37-60)79(4,5)6)64-43-45-71-73(51-64)89(63-42-44-67-66-24-20-21-25-68(66)83(16,17)69(67)50-63)74-52-65(88(61-38-30-56(31-39-61)80(7,8)9)62-40-32-57(33-41-62)81(10,11)12)53-75-76(74)86(71)72-49-58(82(13,14)15)48-70-77(72)90(75)85(19)47-23-22-46-84(70,85)18/h20-21,24-45,48-53H,22-23,46-47H2,1-19H3. The zero-order chi connectivity index (χ0) is 63.8. The third-order valence-electron chi connectivity index (χ3n) is 22.2. The van der Waals surface area contributed by atoms with E-state index < -0.39 is 0 Å². The van der Waals surface area contributed by atoms with E-state index in [1.165, 1.54) is 113 Å². The molecule has 9 aromatic rings. The van der Waals surface area contributed by atoms with Crippen molar-refractivity contribution in [2.75, 3.05) is 19.6 Å². The fraction of sp³-hybridized carbons (Fsp3) is 0.365. The molecule has 14 rings (SSSR count). The average Bonchev–Trinajstić information content (AvgIpc) is 1.44. The van der Waals surface area contributed by atoms with Gasteiger partial charge in [0.25, 0.3) is 6.71 Å². The van der Waals surface area contributed by atoms with Crippen molar-refractivity contribution in [3.63, 3.8) is 0 Å². The molecule has 3 aliphatic heterocycles. The van der Waals surface area contributed by atoms with Crippen LogP contribution in [-0.2, 0) is 37.9 Å². The molecule has 1 saturated carbocycles. The van der Waals surface area contributed by atoms with E-state index in [0.717, 1.165) is 47.0 Å². The van der Waals surface area contributed by atoms with Crippen molar-refractivity contribution < 1.29 is 0 Å². The summed E-state index contributed by atoms with van der Waals surface area (Å²) in [6, 6.07) is 72.3. The van der Waals surface area contributed by atoms with Gasteiger partial charge in [-0.2, -0.15) is 0 Å². The summed E-state index contributed by atoms with van der Waals surface area (Å²) in [5.41, 5.74) is 30.4. The SMILES string of the molecule is CC(C)(C)c1ccc(N(c2ccc(C(C)(C)C)cc2)c2ccc3c(c2)N(c2ccc4c(c2)C(C)(C)c2ccccc2-4)c2cc(N(c4ccc(C(C)(C)C)cc4)c4ccc(C(C)(C)C)cc4)cc4c2B3c2cc(C(C)(C)C)cc3c2N4C2(C)CCCCC32C)cc1. The van der Waals surface area contributed by atoms with Gasteiger partial charge in [-0.05, 0) is 204 Å². The second kappa shape index (κ2) is 20.1. The highest BCUT2D eigenvalue weighted by Crippen LogP contribution is 2.63. The summed E-state index contributed by atoms with van der Waals surface area (Å²) < 4.78 is 0. The molecule has 5 heteroatoms. The lowest BCUT2D eigenvalue weighted by Crippen LogP contribution is -2.64. The first kappa shape index (κ1) is 59.8. The summed E-state index contributed by atoms with van der Waals surface area (Å²) >= 11 is 0. The predicted molar refractivity (Wildman–Crippen MR) is 389 cm³/mol. The minimum absolute atomic E-state index is 0.00159. The van der Waals surface area contributed by atoms with Crippen LogP contribution < -0.4 is 36.0 Å². The molecule has 0 radical (unpaired) electrons. The van der Waals surface area contributed by atoms with Crippen LogP contribution in [0.3, 0.4) is 0 Å². The zero-order valence-electron chi connectivity index (χ0n) is 57.5. The van der Waals surface area contributed by atoms with Crippen molar-refractivity contribution in [1.29, 1.82) is 0 Å². The third-order valence-corrected chi connectivity index (χ3v) is 22.2. The fourth-order valence-electron chi connectivity index (χ4n) is 16.5. The molecule has 1 fully saturated rings. The molecule has 2 atom stereocenters. The summed E-state index contributed by atoms with van der Waals surface area (Å²) in [6.07, 6.45) is 4.70. The van der Waals surface area contributed by atoms with E-state index in [1.54, 1.807) is 0 Å². The minimum atomic E-state index is -0.217. The molecule has 2 unspecified atom stereocenters. The Kier molecular flexibility index (Phi) is 13.4. The van der Waals surface area contributed by atoms with Gasteiger partial charge in [-0.25, -0.2) is 0 Å². The molecule has 458 valence electrons. The fourth-order valence-corrected chi connectivity index (χ4v) is 16.5. The summed E-state index contributed by atoms with van der Waals surface area (Å²) in [6.45, 7) is 45.2. The van der Waals surface area contributed by atoms with E-state index in [1.807, 2.05) is 0 Å². The molecule has 2 aliphatic carbocycles. The number of fused-ring (bicyclic) bond motifs is 10. The number of rotatable bonds is 7. The number of nitrogens with zero attached hydrogens (tertiary/aromatic N) is 4. The molecule has 0 bridgehead atoms. The number of hydrogen-bond donors (Lipinski definition) is 0. The van der Waals surface area contributed by atoms with Crippen LogP contribution in [0.1, 0.15) is 202 Å². The van der Waals surface area contributed by atoms with Crippen LogP contribution in [0.25, 0.3) is 11.1 Å². The molecule has 0 aromatic heterocycles. The Morgan fingerprint density at radius 3 is 1.32 bits per heavy atom. The van der Waals surface area contributed by atoms with E-state index in [2.05, 4.69) is 333 Å². The van der Waals surface area contributed by atoms with Crippen LogP contribution in [-0.4, -0.2) is 12.3 Å². The predicted octanol–water partition coefficient (Wildman–Crippen LogP) is 21.8. The topological polar surface area (TPSA) is 13.0 Å². The van der Waals surface area contributed by atoms with Crippen LogP contribution in [0.5, 0.6) is 0 Å². The Balaban J connectivity index is 1.11. The van der Waals surface area contributed by atoms with Crippen LogP contribution >= 0.6 is 0 Å². The van der Waals surface area contributed by atoms with Crippen LogP contribution in [0.15, 0.2) is 182 Å². The second-order valence-corrected chi connectivity index (χ2v) is 33.5. The minimum Gasteiger partial charge on any atom is -0.335 e. The first-order chi connectivity index (χ1) is 42.3. The van der Waals surface area contributed by atoms with Gasteiger partial charge < -0.3 is 19.6 Å². The second-order valence-electron chi connectivity index (χ2n) is 33.5. The van der Waals surface area contributed by atoms with Gasteiger partial charge in [0.05, 0.1) is 11.2 Å². The monoisotopic (exact) mass is 1180 g/mol. The van der Waals surface area contributed by atoms with Gasteiger partial charge in [-0.1, -0.05) is 235 Å². The van der Waals surface area contributed by atoms with Crippen molar-refractivity contribution in [3.8, 4) is 11.1 Å². The molecule has 90 heavy (non-hydrogen) atoms. The zero-order valence-corrected chi connectivity index (χ0v) is 57.5. The van der Waals surface area contributed by atoms with Crippen LogP contribution in [0.4, 0.5) is 62.6 Å². The van der Waals surface area contributed by atoms with Gasteiger partial charge in [-0.15, -0.1) is 0 Å². The Morgan fingerprint density at radius 1 is 0.367 bits per heavy atom. The number of anilines is 11. The highest BCUT2D eigenvalue weighted by atomic mass is 15.3. The highest BCUT2D eigenvalue weighted by Gasteiger charge is 2.62. The molecule has 0 N–H and O–H groups in total. The number of benzene rings is 9. The molecule has 4 nitrogen and oxygen atoms in total. The van der Waals surface area contributed by atoms with Gasteiger partial charge in [0, 0.05) is 67.7 Å². The molecule has 0 saturated heterocycles. The van der Waals surface area contributed by atoms with Crippen molar-refractivity contribution in [1.82, 2.24) is 0 Å². The summed E-state index contributed by atoms with van der Waals surface area (Å²) in [4.78, 5) is 10.7. The average molecular weight is 1180 g/mol. The van der Waals surface area contributed by atoms with Gasteiger partial charge in [-0.3, -0.25) is 0 Å². The Morgan fingerprint density at radius 2 is 0.811 bits per heavy atom. The lowest BCUT2D eigenvalue weighted by atomic mass is 9.33. The Hall–Kier alpha value is -7.76. The van der Waals surface area contributed by atoms with E-state index in [-0.39, 0.29) is 50.2 Å². The maximum atomic E-state index is 2.93. The molecular formula is C85H95BN4. The van der Waals surface area contributed by atoms with E-state index in [0.29, 0.717) is 0 Å². The normalized spacial score (nSPS) is 18.8. The highest BCUT2D eigenvalue weighted by molar-refractivity contribution is 7.00. The van der Waals surface area contributed by atoms with Crippen LogP contribution in [0, 0.1) is 0 Å². The third kappa shape index (κ3) is 9.26. The molecule has 0 spiro atoms. The van der Waals surface area contributed by atoms with Crippen molar-refractivity contribution in [3.05, 3.63) is 226 Å². The first-order valence-corrected chi connectivity index (χ1v) is 33.7. The van der Waals surface area contributed by atoms with Gasteiger partial charge in [0.15, 0.2) is 0 Å². The van der Waals surface area contributed by atoms with E-state index in [9.17, 15) is 0 Å². The van der Waals surface area contributed by atoms with Crippen molar-refractivity contribution in [2.45, 2.75) is 201 Å². The van der Waals surface area contributed by atoms with Gasteiger partial charge >= 0.3 is 0 Å². The summed E-state index contributed by atoms with van der Waals surface area (Å²) in [7, 11) is 0. The molecule has 3 heterocycles. The Bertz CT molecular complexity index is 4210. The summed E-state index contributed by atoms with van der Waals surface area (Å²) in [5, 5.41) is 0. The lowest BCUT2D eigenvalue weighted by Gasteiger charge is -2.53. The van der Waals surface area contributed by atoms with Crippen molar-refractivity contribution in [2.24, 2.45) is 0 Å². The number of hydrogen-bond acceptors (Lipinski definition) is 4. The van der Waals surface area contributed by atoms with E-state index in [4.69, 9.17) is 0 Å². The summed E-state index contributed by atoms with van der Waals surface area (Å²) in [5.74, 6) is 0. The molecule has 5 aliphatic rings. The Labute approximate surface area is 540 Å². The largest absolute Gasteiger partial charge is 0.335 e. The quantitative estimate of drug-likeness (QED) is 0.147. The van der Waals surface area contributed by atoms with E-state index >= 15 is 0 Å². The smallest absolute Gasteiger partial charge is 0.252 e. The maximum Gasteiger partial charge on any atom is 0.252 e. The lowest BCUT2D eigenvalue weighted by molar-refractivity contribution is 0.195. The molecular weight excluding hydrogens is 1090 g/mol.